The highest BCUT2D eigenvalue weighted by Crippen LogP contribution is 2.20. The third-order valence-electron chi connectivity index (χ3n) is 3.25. The number of halogens is 1. The average molecular weight is 330 g/mol. The monoisotopic (exact) mass is 329 g/mol. The van der Waals surface area contributed by atoms with Gasteiger partial charge in [-0.1, -0.05) is 35.9 Å². The van der Waals surface area contributed by atoms with Crippen LogP contribution in [0.15, 0.2) is 36.4 Å². The molecule has 1 aromatic carbocycles. The van der Waals surface area contributed by atoms with Gasteiger partial charge < -0.3 is 5.11 Å². The van der Waals surface area contributed by atoms with E-state index in [1.807, 2.05) is 0 Å². The highest BCUT2D eigenvalue weighted by atomic mass is 35.5. The molecule has 0 heterocycles. The highest BCUT2D eigenvalue weighted by molar-refractivity contribution is 7.88. The number of carboxylic acid groups (broad SMARTS) is 1. The minimum Gasteiger partial charge on any atom is -0.481 e. The smallest absolute Gasteiger partial charge is 0.306 e. The van der Waals surface area contributed by atoms with Crippen LogP contribution in [0.5, 0.6) is 0 Å². The Morgan fingerprint density at radius 2 is 2.19 bits per heavy atom. The van der Waals surface area contributed by atoms with Gasteiger partial charge in [0.2, 0.25) is 10.0 Å². The molecule has 0 aromatic heterocycles. The number of rotatable bonds is 5. The van der Waals surface area contributed by atoms with E-state index in [0.717, 1.165) is 0 Å². The van der Waals surface area contributed by atoms with Gasteiger partial charge in [0.1, 0.15) is 0 Å². The molecule has 2 N–H and O–H groups in total. The fourth-order valence-electron chi connectivity index (χ4n) is 2.30. The molecule has 1 aliphatic carbocycles. The van der Waals surface area contributed by atoms with E-state index < -0.39 is 28.0 Å². The second kappa shape index (κ2) is 6.60. The molecule has 2 rings (SSSR count). The molecule has 1 aliphatic rings. The molecule has 0 unspecified atom stereocenters. The fraction of sp³-hybridized carbons (Fsp3) is 0.357. The molecule has 0 bridgehead atoms. The molecule has 5 nitrogen and oxygen atoms in total. The molecule has 7 heteroatoms. The van der Waals surface area contributed by atoms with E-state index >= 15 is 0 Å². The Morgan fingerprint density at radius 1 is 1.43 bits per heavy atom. The second-order valence-corrected chi connectivity index (χ2v) is 7.24. The lowest BCUT2D eigenvalue weighted by molar-refractivity contribution is -0.142. The third kappa shape index (κ3) is 4.84. The molecule has 0 saturated heterocycles. The van der Waals surface area contributed by atoms with Gasteiger partial charge in [-0.05, 0) is 30.5 Å². The Labute approximate surface area is 128 Å². The van der Waals surface area contributed by atoms with Crippen molar-refractivity contribution in [3.63, 3.8) is 0 Å². The van der Waals surface area contributed by atoms with Gasteiger partial charge in [-0.15, -0.1) is 0 Å². The topological polar surface area (TPSA) is 83.5 Å². The molecule has 2 atom stereocenters. The number of aliphatic carboxylic acids is 1. The predicted octanol–water partition coefficient (Wildman–Crippen LogP) is 2.18. The first-order chi connectivity index (χ1) is 9.85. The van der Waals surface area contributed by atoms with Crippen molar-refractivity contribution in [3.8, 4) is 0 Å². The lowest BCUT2D eigenvalue weighted by Gasteiger charge is -2.22. The van der Waals surface area contributed by atoms with Crippen molar-refractivity contribution in [3.05, 3.63) is 47.0 Å². The van der Waals surface area contributed by atoms with Gasteiger partial charge in [0.25, 0.3) is 0 Å². The Morgan fingerprint density at radius 3 is 2.86 bits per heavy atom. The average Bonchev–Trinajstić information content (AvgIpc) is 2.37. The van der Waals surface area contributed by atoms with Gasteiger partial charge >= 0.3 is 5.97 Å². The molecule has 0 saturated carbocycles. The van der Waals surface area contributed by atoms with Crippen molar-refractivity contribution in [2.75, 3.05) is 0 Å². The van der Waals surface area contributed by atoms with Crippen molar-refractivity contribution < 1.29 is 18.3 Å². The standard InChI is InChI=1S/C14H16ClNO4S/c15-12-5-1-3-10(7-12)9-21(19,20)16-13-6-2-4-11(8-13)14(17)18/h1-3,5-7,11,13,16H,4,8-9H2,(H,17,18)/t11-,13-/m1/s1. The zero-order valence-electron chi connectivity index (χ0n) is 11.2. The van der Waals surface area contributed by atoms with E-state index in [2.05, 4.69) is 4.72 Å². The minimum atomic E-state index is -3.55. The van der Waals surface area contributed by atoms with Crippen LogP contribution in [0.3, 0.4) is 0 Å². The van der Waals surface area contributed by atoms with Crippen molar-refractivity contribution in [1.29, 1.82) is 0 Å². The molecule has 0 spiro atoms. The number of allylic oxidation sites excluding steroid dienone is 1. The van der Waals surface area contributed by atoms with Crippen LogP contribution >= 0.6 is 11.6 Å². The first kappa shape index (κ1) is 16.0. The van der Waals surface area contributed by atoms with Crippen LogP contribution in [0, 0.1) is 5.92 Å². The van der Waals surface area contributed by atoms with Crippen molar-refractivity contribution in [2.45, 2.75) is 24.6 Å². The number of hydrogen-bond acceptors (Lipinski definition) is 3. The van der Waals surface area contributed by atoms with Crippen LogP contribution in [-0.4, -0.2) is 25.5 Å². The van der Waals surface area contributed by atoms with Crippen molar-refractivity contribution in [2.24, 2.45) is 5.92 Å². The quantitative estimate of drug-likeness (QED) is 0.811. The molecular weight excluding hydrogens is 314 g/mol. The first-order valence-electron chi connectivity index (χ1n) is 6.49. The van der Waals surface area contributed by atoms with E-state index in [9.17, 15) is 13.2 Å². The number of sulfonamides is 1. The van der Waals surface area contributed by atoms with Gasteiger partial charge in [-0.25, -0.2) is 13.1 Å². The third-order valence-corrected chi connectivity index (χ3v) is 4.86. The van der Waals surface area contributed by atoms with Gasteiger partial charge in [0.15, 0.2) is 0 Å². The molecule has 0 radical (unpaired) electrons. The summed E-state index contributed by atoms with van der Waals surface area (Å²) >= 11 is 5.83. The summed E-state index contributed by atoms with van der Waals surface area (Å²) in [6, 6.07) is 6.16. The maximum Gasteiger partial charge on any atom is 0.306 e. The Kier molecular flexibility index (Phi) is 5.03. The highest BCUT2D eigenvalue weighted by Gasteiger charge is 2.26. The Balaban J connectivity index is 2.02. The van der Waals surface area contributed by atoms with Gasteiger partial charge in [0, 0.05) is 11.1 Å². The van der Waals surface area contributed by atoms with Crippen LogP contribution in [0.1, 0.15) is 18.4 Å². The lowest BCUT2D eigenvalue weighted by Crippen LogP contribution is -2.38. The molecule has 1 aromatic rings. The van der Waals surface area contributed by atoms with Crippen molar-refractivity contribution >= 4 is 27.6 Å². The normalized spacial score (nSPS) is 22.1. The van der Waals surface area contributed by atoms with Crippen LogP contribution < -0.4 is 4.72 Å². The van der Waals surface area contributed by atoms with E-state index in [0.29, 0.717) is 17.0 Å². The van der Waals surface area contributed by atoms with E-state index in [-0.39, 0.29) is 12.2 Å². The summed E-state index contributed by atoms with van der Waals surface area (Å²) in [6.45, 7) is 0. The van der Waals surface area contributed by atoms with Crippen LogP contribution in [0.25, 0.3) is 0 Å². The van der Waals surface area contributed by atoms with Crippen LogP contribution in [-0.2, 0) is 20.6 Å². The summed E-state index contributed by atoms with van der Waals surface area (Å²) in [6.07, 6.45) is 4.10. The van der Waals surface area contributed by atoms with Crippen LogP contribution in [0.4, 0.5) is 0 Å². The molecule has 0 amide bonds. The zero-order valence-corrected chi connectivity index (χ0v) is 12.8. The maximum absolute atomic E-state index is 12.1. The predicted molar refractivity (Wildman–Crippen MR) is 80.5 cm³/mol. The molecule has 21 heavy (non-hydrogen) atoms. The Bertz CT molecular complexity index is 657. The van der Waals surface area contributed by atoms with Gasteiger partial charge in [0.05, 0.1) is 11.7 Å². The summed E-state index contributed by atoms with van der Waals surface area (Å²) < 4.78 is 26.8. The van der Waals surface area contributed by atoms with Crippen molar-refractivity contribution in [1.82, 2.24) is 4.72 Å². The summed E-state index contributed by atoms with van der Waals surface area (Å²) in [4.78, 5) is 11.0. The Hall–Kier alpha value is -1.37. The lowest BCUT2D eigenvalue weighted by atomic mass is 9.92. The van der Waals surface area contributed by atoms with E-state index in [1.165, 1.54) is 0 Å². The molecule has 114 valence electrons. The molecule has 0 aliphatic heterocycles. The van der Waals surface area contributed by atoms with E-state index in [4.69, 9.17) is 16.7 Å². The second-order valence-electron chi connectivity index (χ2n) is 5.05. The maximum atomic E-state index is 12.1. The number of hydrogen-bond donors (Lipinski definition) is 2. The minimum absolute atomic E-state index is 0.185. The zero-order chi connectivity index (χ0) is 15.5. The number of benzene rings is 1. The van der Waals surface area contributed by atoms with Crippen LogP contribution in [0.2, 0.25) is 5.02 Å². The largest absolute Gasteiger partial charge is 0.481 e. The SMILES string of the molecule is O=C(O)[C@@H]1CC=C[C@@H](NS(=O)(=O)Cc2cccc(Cl)c2)C1. The molecular formula is C14H16ClNO4S. The summed E-state index contributed by atoms with van der Waals surface area (Å²) in [5, 5.41) is 9.47. The summed E-state index contributed by atoms with van der Waals surface area (Å²) in [5.41, 5.74) is 0.588. The first-order valence-corrected chi connectivity index (χ1v) is 8.53. The van der Waals surface area contributed by atoms with Gasteiger partial charge in [-0.3, -0.25) is 4.79 Å². The number of carboxylic acids is 1. The molecule has 0 fully saturated rings. The number of carbonyl (C=O) groups is 1. The summed E-state index contributed by atoms with van der Waals surface area (Å²) in [5.74, 6) is -1.64. The van der Waals surface area contributed by atoms with E-state index in [1.54, 1.807) is 36.4 Å². The summed E-state index contributed by atoms with van der Waals surface area (Å²) in [7, 11) is -3.55. The van der Waals surface area contributed by atoms with Gasteiger partial charge in [-0.2, -0.15) is 0 Å². The fourth-order valence-corrected chi connectivity index (χ4v) is 3.85. The number of nitrogens with one attached hydrogen (secondary N) is 1.